The first-order valence-electron chi connectivity index (χ1n) is 11.4. The Labute approximate surface area is 196 Å². The van der Waals surface area contributed by atoms with Crippen molar-refractivity contribution in [1.29, 1.82) is 0 Å². The summed E-state index contributed by atoms with van der Waals surface area (Å²) in [5, 5.41) is 23.5. The number of anilines is 2. The first-order chi connectivity index (χ1) is 16.6. The number of nitrogens with zero attached hydrogens (tertiary/aromatic N) is 1. The van der Waals surface area contributed by atoms with E-state index in [0.717, 1.165) is 31.1 Å². The number of aromatic hydroxyl groups is 2. The number of hydrogen-bond acceptors (Lipinski definition) is 7. The van der Waals surface area contributed by atoms with E-state index in [1.54, 1.807) is 24.3 Å². The van der Waals surface area contributed by atoms with Gasteiger partial charge in [0.2, 0.25) is 0 Å². The predicted molar refractivity (Wildman–Crippen MR) is 132 cm³/mol. The maximum absolute atomic E-state index is 12.9. The van der Waals surface area contributed by atoms with E-state index in [9.17, 15) is 15.0 Å². The number of phenolic OH excluding ortho intramolecular Hbond substituents is 2. The van der Waals surface area contributed by atoms with E-state index < -0.39 is 5.63 Å². The number of ether oxygens (including phenoxy) is 1. The number of fused-ring (bicyclic) bond motifs is 1. The van der Waals surface area contributed by atoms with E-state index in [0.29, 0.717) is 28.8 Å². The summed E-state index contributed by atoms with van der Waals surface area (Å²) >= 11 is 0. The topological polar surface area (TPSA) is 95.2 Å². The van der Waals surface area contributed by atoms with Gasteiger partial charge in [0.05, 0.1) is 11.3 Å². The van der Waals surface area contributed by atoms with E-state index in [-0.39, 0.29) is 17.1 Å². The third kappa shape index (κ3) is 4.70. The zero-order valence-electron chi connectivity index (χ0n) is 18.7. The van der Waals surface area contributed by atoms with Crippen molar-refractivity contribution >= 4 is 22.3 Å². The molecule has 174 valence electrons. The second-order valence-corrected chi connectivity index (χ2v) is 8.41. The van der Waals surface area contributed by atoms with Gasteiger partial charge in [0.25, 0.3) is 0 Å². The van der Waals surface area contributed by atoms with Gasteiger partial charge in [-0.2, -0.15) is 0 Å². The van der Waals surface area contributed by atoms with Crippen LogP contribution in [0.15, 0.2) is 75.9 Å². The summed E-state index contributed by atoms with van der Waals surface area (Å²) in [4.78, 5) is 15.4. The number of likely N-dealkylation sites (tertiary alicyclic amines) is 1. The highest BCUT2D eigenvalue weighted by Gasteiger charge is 2.18. The molecule has 1 aliphatic rings. The zero-order valence-corrected chi connectivity index (χ0v) is 18.7. The largest absolute Gasteiger partial charge is 0.508 e. The molecule has 1 fully saturated rings. The fraction of sp³-hybridized carbons (Fsp3) is 0.222. The molecule has 34 heavy (non-hydrogen) atoms. The van der Waals surface area contributed by atoms with Crippen LogP contribution in [0.5, 0.6) is 17.2 Å². The Balaban J connectivity index is 1.44. The second kappa shape index (κ2) is 9.49. The molecule has 1 aliphatic heterocycles. The molecule has 0 atom stereocenters. The molecule has 0 aliphatic carbocycles. The monoisotopic (exact) mass is 458 g/mol. The number of benzene rings is 3. The summed E-state index contributed by atoms with van der Waals surface area (Å²) in [5.74, 6) is 0.897. The van der Waals surface area contributed by atoms with E-state index >= 15 is 0 Å². The van der Waals surface area contributed by atoms with Crippen LogP contribution in [0.1, 0.15) is 12.8 Å². The van der Waals surface area contributed by atoms with Crippen molar-refractivity contribution in [2.75, 3.05) is 31.6 Å². The molecule has 7 nitrogen and oxygen atoms in total. The summed E-state index contributed by atoms with van der Waals surface area (Å²) in [6, 6.07) is 18.6. The molecule has 1 aromatic heterocycles. The minimum Gasteiger partial charge on any atom is -0.508 e. The Hall–Kier alpha value is -3.97. The van der Waals surface area contributed by atoms with E-state index in [1.165, 1.54) is 31.0 Å². The van der Waals surface area contributed by atoms with Gasteiger partial charge in [-0.3, -0.25) is 4.90 Å². The molecule has 0 spiro atoms. The maximum atomic E-state index is 12.9. The van der Waals surface area contributed by atoms with Gasteiger partial charge in [0, 0.05) is 23.7 Å². The summed E-state index contributed by atoms with van der Waals surface area (Å²) in [7, 11) is 0. The Bertz CT molecular complexity index is 1340. The molecular weight excluding hydrogens is 432 g/mol. The van der Waals surface area contributed by atoms with Gasteiger partial charge < -0.3 is 24.7 Å². The van der Waals surface area contributed by atoms with Crippen LogP contribution in [0.2, 0.25) is 0 Å². The van der Waals surface area contributed by atoms with Crippen LogP contribution in [-0.4, -0.2) is 41.4 Å². The molecule has 0 radical (unpaired) electrons. The molecule has 3 aromatic carbocycles. The van der Waals surface area contributed by atoms with Gasteiger partial charge in [-0.15, -0.1) is 0 Å². The molecular formula is C27H26N2O5. The number of phenols is 2. The molecule has 0 bridgehead atoms. The normalized spacial score (nSPS) is 13.9. The Morgan fingerprint density at radius 1 is 0.912 bits per heavy atom. The first-order valence-corrected chi connectivity index (χ1v) is 11.4. The van der Waals surface area contributed by atoms with Gasteiger partial charge >= 0.3 is 5.63 Å². The Morgan fingerprint density at radius 3 is 2.35 bits per heavy atom. The first kappa shape index (κ1) is 21.9. The Morgan fingerprint density at radius 2 is 1.62 bits per heavy atom. The highest BCUT2D eigenvalue weighted by Crippen LogP contribution is 2.36. The van der Waals surface area contributed by atoms with Crippen molar-refractivity contribution < 1.29 is 19.4 Å². The van der Waals surface area contributed by atoms with Crippen LogP contribution in [0.3, 0.4) is 0 Å². The van der Waals surface area contributed by atoms with Crippen LogP contribution in [0.4, 0.5) is 11.4 Å². The lowest BCUT2D eigenvalue weighted by atomic mass is 10.0. The summed E-state index contributed by atoms with van der Waals surface area (Å²) in [5.41, 5.74) is 1.99. The number of nitrogens with one attached hydrogen (secondary N) is 1. The third-order valence-corrected chi connectivity index (χ3v) is 6.05. The molecule has 1 saturated heterocycles. The van der Waals surface area contributed by atoms with Crippen LogP contribution in [-0.2, 0) is 0 Å². The summed E-state index contributed by atoms with van der Waals surface area (Å²) in [6.45, 7) is 3.86. The zero-order chi connectivity index (χ0) is 23.5. The molecule has 0 unspecified atom stereocenters. The maximum Gasteiger partial charge on any atom is 0.346 e. The van der Waals surface area contributed by atoms with Gasteiger partial charge in [-0.25, -0.2) is 4.79 Å². The molecule has 3 N–H and O–H groups in total. The van der Waals surface area contributed by atoms with Crippen molar-refractivity contribution in [1.82, 2.24) is 4.90 Å². The molecule has 2 heterocycles. The van der Waals surface area contributed by atoms with Gasteiger partial charge in [0.15, 0.2) is 0 Å². The van der Waals surface area contributed by atoms with Crippen molar-refractivity contribution in [3.8, 4) is 28.4 Å². The molecule has 0 saturated carbocycles. The number of hydrogen-bond donors (Lipinski definition) is 3. The Kier molecular flexibility index (Phi) is 6.10. The summed E-state index contributed by atoms with van der Waals surface area (Å²) in [6.07, 6.45) is 2.53. The minimum atomic E-state index is -0.548. The second-order valence-electron chi connectivity index (χ2n) is 8.41. The van der Waals surface area contributed by atoms with Crippen molar-refractivity contribution in [3.05, 3.63) is 77.2 Å². The van der Waals surface area contributed by atoms with Crippen molar-refractivity contribution in [2.45, 2.75) is 12.8 Å². The van der Waals surface area contributed by atoms with E-state index in [1.807, 2.05) is 24.3 Å². The van der Waals surface area contributed by atoms with E-state index in [2.05, 4.69) is 10.2 Å². The smallest absolute Gasteiger partial charge is 0.346 e. The van der Waals surface area contributed by atoms with Crippen LogP contribution >= 0.6 is 0 Å². The predicted octanol–water partition coefficient (Wildman–Crippen LogP) is 5.09. The van der Waals surface area contributed by atoms with Crippen LogP contribution in [0, 0.1) is 0 Å². The summed E-state index contributed by atoms with van der Waals surface area (Å²) < 4.78 is 11.4. The fourth-order valence-corrected chi connectivity index (χ4v) is 4.29. The highest BCUT2D eigenvalue weighted by molar-refractivity contribution is 6.00. The molecule has 0 amide bonds. The van der Waals surface area contributed by atoms with Gasteiger partial charge in [0.1, 0.15) is 29.4 Å². The van der Waals surface area contributed by atoms with Crippen LogP contribution < -0.4 is 15.7 Å². The van der Waals surface area contributed by atoms with Crippen molar-refractivity contribution in [2.24, 2.45) is 0 Å². The quantitative estimate of drug-likeness (QED) is 0.332. The van der Waals surface area contributed by atoms with Crippen molar-refractivity contribution in [3.63, 3.8) is 0 Å². The van der Waals surface area contributed by atoms with E-state index in [4.69, 9.17) is 9.15 Å². The SMILES string of the molecule is O=c1oc2cc(O)ccc2c(Nc2ccc(OCCN3CCCC3)cc2)c1-c1ccc(O)cc1. The lowest BCUT2D eigenvalue weighted by molar-refractivity contribution is 0.238. The lowest BCUT2D eigenvalue weighted by Gasteiger charge is -2.16. The molecule has 7 heteroatoms. The minimum absolute atomic E-state index is 0.00872. The number of rotatable bonds is 7. The lowest BCUT2D eigenvalue weighted by Crippen LogP contribution is -2.25. The van der Waals surface area contributed by atoms with Gasteiger partial charge in [-0.05, 0) is 80.0 Å². The molecule has 4 aromatic rings. The average molecular weight is 459 g/mol. The fourth-order valence-electron chi connectivity index (χ4n) is 4.29. The van der Waals surface area contributed by atoms with Gasteiger partial charge in [-0.1, -0.05) is 12.1 Å². The van der Waals surface area contributed by atoms with Crippen LogP contribution in [0.25, 0.3) is 22.1 Å². The standard InChI is InChI=1S/C27H26N2O5/c30-20-7-3-18(4-8-20)25-26(23-12-9-21(31)17-24(23)34-27(25)32)28-19-5-10-22(11-6-19)33-16-15-29-13-1-2-14-29/h3-12,17,28,30-31H,1-2,13-16H2. The molecule has 5 rings (SSSR count). The average Bonchev–Trinajstić information content (AvgIpc) is 3.34. The highest BCUT2D eigenvalue weighted by atomic mass is 16.5. The third-order valence-electron chi connectivity index (χ3n) is 6.05.